The van der Waals surface area contributed by atoms with Crippen LogP contribution in [-0.2, 0) is 16.1 Å². The second-order valence-electron chi connectivity index (χ2n) is 9.13. The van der Waals surface area contributed by atoms with Crippen molar-refractivity contribution in [1.82, 2.24) is 10.6 Å². The minimum Gasteiger partial charge on any atom is -0.445 e. The summed E-state index contributed by atoms with van der Waals surface area (Å²) < 4.78 is 11.0. The van der Waals surface area contributed by atoms with Crippen molar-refractivity contribution in [2.45, 2.75) is 108 Å². The van der Waals surface area contributed by atoms with Gasteiger partial charge in [0, 0.05) is 0 Å². The van der Waals surface area contributed by atoms with Crippen LogP contribution >= 0.6 is 0 Å². The molecule has 1 fully saturated rings. The lowest BCUT2D eigenvalue weighted by atomic mass is 9.96. The molecule has 1 aromatic carbocycles. The number of nitrogens with one attached hydrogen (secondary N) is 2. The Bertz CT molecular complexity index is 662. The number of amides is 1. The number of aliphatic hydroxyl groups excluding tert-OH is 3. The predicted octanol–water partition coefficient (Wildman–Crippen LogP) is 3.23. The highest BCUT2D eigenvalue weighted by Gasteiger charge is 2.45. The molecule has 8 heteroatoms. The zero-order chi connectivity index (χ0) is 24.6. The standard InChI is InChI=1S/C26H44N2O6/c1-2-3-4-5-6-7-8-9-10-14-17-27-25-22(24(31)23(30)21(18-29)34-25)28-26(32)33-19-20-15-12-11-13-16-20/h11-13,15-16,21-25,27,29-31H,2-10,14,17-19H2,1H3,(H,28,32)/t21-,22+,23-,24-,25-/m1/s1. The number of carbonyl (C=O) groups is 1. The molecule has 1 amide bonds. The molecule has 0 spiro atoms. The zero-order valence-electron chi connectivity index (χ0n) is 20.5. The van der Waals surface area contributed by atoms with Crippen LogP contribution in [0.3, 0.4) is 0 Å². The Balaban J connectivity index is 1.73. The molecule has 34 heavy (non-hydrogen) atoms. The van der Waals surface area contributed by atoms with E-state index in [-0.39, 0.29) is 6.61 Å². The van der Waals surface area contributed by atoms with Crippen molar-refractivity contribution in [2.75, 3.05) is 13.2 Å². The Labute approximate surface area is 204 Å². The minimum atomic E-state index is -1.32. The number of ether oxygens (including phenoxy) is 2. The van der Waals surface area contributed by atoms with Gasteiger partial charge in [-0.2, -0.15) is 0 Å². The third-order valence-electron chi connectivity index (χ3n) is 6.30. The number of unbranched alkanes of at least 4 members (excludes halogenated alkanes) is 9. The highest BCUT2D eigenvalue weighted by atomic mass is 16.6. The molecule has 0 bridgehead atoms. The normalized spacial score (nSPS) is 24.6. The second-order valence-corrected chi connectivity index (χ2v) is 9.13. The molecule has 0 aliphatic carbocycles. The molecule has 0 radical (unpaired) electrons. The summed E-state index contributed by atoms with van der Waals surface area (Å²) >= 11 is 0. The monoisotopic (exact) mass is 480 g/mol. The van der Waals surface area contributed by atoms with Crippen LogP contribution in [0.2, 0.25) is 0 Å². The molecule has 5 N–H and O–H groups in total. The highest BCUT2D eigenvalue weighted by Crippen LogP contribution is 2.20. The van der Waals surface area contributed by atoms with Gasteiger partial charge in [-0.25, -0.2) is 4.79 Å². The molecule has 1 aliphatic heterocycles. The van der Waals surface area contributed by atoms with Gasteiger partial charge in [0.05, 0.1) is 6.61 Å². The topological polar surface area (TPSA) is 120 Å². The van der Waals surface area contributed by atoms with Crippen LogP contribution in [0.1, 0.15) is 76.7 Å². The van der Waals surface area contributed by atoms with E-state index in [4.69, 9.17) is 9.47 Å². The molecule has 1 aromatic rings. The molecule has 2 rings (SSSR count). The third-order valence-corrected chi connectivity index (χ3v) is 6.30. The summed E-state index contributed by atoms with van der Waals surface area (Å²) in [6, 6.07) is 8.37. The van der Waals surface area contributed by atoms with Crippen molar-refractivity contribution in [1.29, 1.82) is 0 Å². The SMILES string of the molecule is CCCCCCCCCCCCN[C@@H]1O[C@H](CO)[C@@H](O)[C@H](O)[C@@H]1NC(=O)OCc1ccccc1. The summed E-state index contributed by atoms with van der Waals surface area (Å²) in [5.41, 5.74) is 0.842. The van der Waals surface area contributed by atoms with Crippen LogP contribution in [0.5, 0.6) is 0 Å². The van der Waals surface area contributed by atoms with E-state index < -0.39 is 43.3 Å². The fourth-order valence-electron chi connectivity index (χ4n) is 4.21. The Hall–Kier alpha value is -1.71. The van der Waals surface area contributed by atoms with Crippen molar-refractivity contribution in [3.8, 4) is 0 Å². The molecule has 8 nitrogen and oxygen atoms in total. The minimum absolute atomic E-state index is 0.0921. The molecule has 5 atom stereocenters. The van der Waals surface area contributed by atoms with Gasteiger partial charge in [-0.05, 0) is 18.5 Å². The summed E-state index contributed by atoms with van der Waals surface area (Å²) in [7, 11) is 0. The Morgan fingerprint density at radius 2 is 1.56 bits per heavy atom. The molecular weight excluding hydrogens is 436 g/mol. The van der Waals surface area contributed by atoms with Gasteiger partial charge in [0.1, 0.15) is 37.2 Å². The molecule has 194 valence electrons. The third kappa shape index (κ3) is 10.3. The zero-order valence-corrected chi connectivity index (χ0v) is 20.5. The number of benzene rings is 1. The van der Waals surface area contributed by atoms with Gasteiger partial charge in [0.2, 0.25) is 0 Å². The fraction of sp³-hybridized carbons (Fsp3) is 0.731. The fourth-order valence-corrected chi connectivity index (χ4v) is 4.21. The van der Waals surface area contributed by atoms with Gasteiger partial charge in [-0.1, -0.05) is 95.0 Å². The van der Waals surface area contributed by atoms with Crippen molar-refractivity contribution in [3.63, 3.8) is 0 Å². The maximum atomic E-state index is 12.3. The van der Waals surface area contributed by atoms with E-state index in [1.807, 2.05) is 30.3 Å². The number of hydrogen-bond acceptors (Lipinski definition) is 7. The molecule has 0 saturated carbocycles. The first-order chi connectivity index (χ1) is 16.6. The number of alkyl carbamates (subject to hydrolysis) is 1. The smallest absolute Gasteiger partial charge is 0.407 e. The van der Waals surface area contributed by atoms with Crippen molar-refractivity contribution in [2.24, 2.45) is 0 Å². The van der Waals surface area contributed by atoms with E-state index in [0.29, 0.717) is 6.54 Å². The van der Waals surface area contributed by atoms with Crippen LogP contribution in [0.4, 0.5) is 4.79 Å². The van der Waals surface area contributed by atoms with E-state index in [1.165, 1.54) is 51.4 Å². The summed E-state index contributed by atoms with van der Waals surface area (Å²) in [5.74, 6) is 0. The average Bonchev–Trinajstić information content (AvgIpc) is 2.85. The van der Waals surface area contributed by atoms with E-state index in [9.17, 15) is 20.1 Å². The molecule has 1 aliphatic rings. The maximum Gasteiger partial charge on any atom is 0.407 e. The average molecular weight is 481 g/mol. The number of hydrogen-bond donors (Lipinski definition) is 5. The Morgan fingerprint density at radius 1 is 0.941 bits per heavy atom. The van der Waals surface area contributed by atoms with E-state index in [1.54, 1.807) is 0 Å². The van der Waals surface area contributed by atoms with Crippen LogP contribution in [0.15, 0.2) is 30.3 Å². The van der Waals surface area contributed by atoms with Gasteiger partial charge in [0.15, 0.2) is 0 Å². The molecule has 0 aromatic heterocycles. The Kier molecular flexibility index (Phi) is 14.1. The molecular formula is C26H44N2O6. The van der Waals surface area contributed by atoms with Crippen LogP contribution in [-0.4, -0.2) is 65.1 Å². The maximum absolute atomic E-state index is 12.3. The van der Waals surface area contributed by atoms with Gasteiger partial charge >= 0.3 is 6.09 Å². The van der Waals surface area contributed by atoms with E-state index in [0.717, 1.165) is 18.4 Å². The van der Waals surface area contributed by atoms with Gasteiger partial charge in [0.25, 0.3) is 0 Å². The summed E-state index contributed by atoms with van der Waals surface area (Å²) in [4.78, 5) is 12.3. The first kappa shape index (κ1) is 28.5. The molecule has 1 heterocycles. The van der Waals surface area contributed by atoms with Crippen LogP contribution in [0, 0.1) is 0 Å². The lowest BCUT2D eigenvalue weighted by Crippen LogP contribution is -2.67. The van der Waals surface area contributed by atoms with Crippen LogP contribution < -0.4 is 10.6 Å². The van der Waals surface area contributed by atoms with Crippen molar-refractivity contribution < 1.29 is 29.6 Å². The highest BCUT2D eigenvalue weighted by molar-refractivity contribution is 5.67. The lowest BCUT2D eigenvalue weighted by Gasteiger charge is -2.42. The number of aliphatic hydroxyl groups is 3. The molecule has 1 saturated heterocycles. The second kappa shape index (κ2) is 16.8. The summed E-state index contributed by atoms with van der Waals surface area (Å²) in [5, 5.41) is 36.2. The quantitative estimate of drug-likeness (QED) is 0.230. The van der Waals surface area contributed by atoms with E-state index >= 15 is 0 Å². The van der Waals surface area contributed by atoms with Gasteiger partial charge in [-0.3, -0.25) is 5.32 Å². The van der Waals surface area contributed by atoms with Gasteiger partial charge < -0.3 is 30.1 Å². The predicted molar refractivity (Wildman–Crippen MR) is 131 cm³/mol. The van der Waals surface area contributed by atoms with Gasteiger partial charge in [-0.15, -0.1) is 0 Å². The summed E-state index contributed by atoms with van der Waals surface area (Å²) in [6.07, 6.45) is 7.28. The Morgan fingerprint density at radius 3 is 2.18 bits per heavy atom. The van der Waals surface area contributed by atoms with Crippen molar-refractivity contribution >= 4 is 6.09 Å². The van der Waals surface area contributed by atoms with E-state index in [2.05, 4.69) is 17.6 Å². The first-order valence-electron chi connectivity index (χ1n) is 12.9. The largest absolute Gasteiger partial charge is 0.445 e. The number of rotatable bonds is 16. The van der Waals surface area contributed by atoms with Crippen molar-refractivity contribution in [3.05, 3.63) is 35.9 Å². The lowest BCUT2D eigenvalue weighted by molar-refractivity contribution is -0.200. The van der Waals surface area contributed by atoms with Crippen LogP contribution in [0.25, 0.3) is 0 Å². The molecule has 0 unspecified atom stereocenters. The first-order valence-corrected chi connectivity index (χ1v) is 12.9. The number of carbonyl (C=O) groups excluding carboxylic acids is 1. The summed E-state index contributed by atoms with van der Waals surface area (Å²) in [6.45, 7) is 2.53.